The van der Waals surface area contributed by atoms with E-state index in [0.717, 1.165) is 32.3 Å². The lowest BCUT2D eigenvalue weighted by Crippen LogP contribution is -2.67. The topological polar surface area (TPSA) is 123 Å². The summed E-state index contributed by atoms with van der Waals surface area (Å²) in [6.45, 7) is 0. The Bertz CT molecular complexity index is 1870. The van der Waals surface area contributed by atoms with Crippen molar-refractivity contribution in [3.05, 3.63) is 104 Å². The average molecular weight is 677 g/mol. The molecule has 4 fully saturated rings. The first-order chi connectivity index (χ1) is 23.4. The second kappa shape index (κ2) is 9.93. The third-order valence-electron chi connectivity index (χ3n) is 11.7. The van der Waals surface area contributed by atoms with Crippen molar-refractivity contribution < 1.29 is 19.2 Å². The van der Waals surface area contributed by atoms with Crippen LogP contribution in [-0.4, -0.2) is 69.9 Å². The number of thiophene rings is 2. The van der Waals surface area contributed by atoms with Crippen molar-refractivity contribution in [2.24, 2.45) is 0 Å². The number of amides is 4. The molecule has 6 aliphatic heterocycles. The van der Waals surface area contributed by atoms with Crippen LogP contribution in [0.1, 0.15) is 33.7 Å². The minimum atomic E-state index is -0.843. The number of nitrogens with one attached hydrogen (secondary N) is 4. The van der Waals surface area contributed by atoms with Crippen molar-refractivity contribution in [3.63, 3.8) is 0 Å². The lowest BCUT2D eigenvalue weighted by Gasteiger charge is -2.48. The van der Waals surface area contributed by atoms with Gasteiger partial charge in [0, 0.05) is 34.0 Å². The molecule has 6 aliphatic rings. The standard InChI is InChI=1S/C36H32N6O4S2/c43-29-27-17-35(21-9-1-3-11-23(21)39-33(35)41(27)31(45)25(37-29)15-19-7-5-13-47-19)36-18-28-30(44)38-26(16-20-8-6-14-48-20)32(46)42(28)34(36)40-24-12-4-2-10-22(24)36/h1-14,25-28,33-34,39-40H,15-18H2,(H,37,43)(H,38,44)/t25-,26-,27-,28-,33+,34+,35-,36-/m0/s1. The van der Waals surface area contributed by atoms with E-state index in [1.54, 1.807) is 32.5 Å². The molecular formula is C36H32N6O4S2. The lowest BCUT2D eigenvalue weighted by molar-refractivity contribution is -0.149. The van der Waals surface area contributed by atoms with E-state index in [1.807, 2.05) is 71.4 Å². The van der Waals surface area contributed by atoms with Gasteiger partial charge in [0.15, 0.2) is 0 Å². The lowest BCUT2D eigenvalue weighted by atomic mass is 9.54. The van der Waals surface area contributed by atoms with Gasteiger partial charge in [-0.1, -0.05) is 48.5 Å². The molecule has 0 radical (unpaired) electrons. The molecule has 2 aromatic heterocycles. The van der Waals surface area contributed by atoms with Crippen LogP contribution < -0.4 is 21.3 Å². The monoisotopic (exact) mass is 676 g/mol. The van der Waals surface area contributed by atoms with Gasteiger partial charge in [0.25, 0.3) is 0 Å². The van der Waals surface area contributed by atoms with Gasteiger partial charge >= 0.3 is 0 Å². The number of piperazine rings is 2. The summed E-state index contributed by atoms with van der Waals surface area (Å²) < 4.78 is 0. The molecule has 2 aromatic carbocycles. The van der Waals surface area contributed by atoms with E-state index in [9.17, 15) is 19.2 Å². The number of fused-ring (bicyclic) bond motifs is 11. The number of anilines is 2. The summed E-state index contributed by atoms with van der Waals surface area (Å²) in [6, 6.07) is 21.3. The molecule has 8 heterocycles. The summed E-state index contributed by atoms with van der Waals surface area (Å²) in [6.07, 6.45) is 0.417. The van der Waals surface area contributed by atoms with Gasteiger partial charge in [-0.15, -0.1) is 22.7 Å². The maximum Gasteiger partial charge on any atom is 0.247 e. The Morgan fingerprint density at radius 1 is 0.583 bits per heavy atom. The van der Waals surface area contributed by atoms with E-state index in [-0.39, 0.29) is 23.6 Å². The van der Waals surface area contributed by atoms with E-state index in [4.69, 9.17) is 0 Å². The molecule has 0 aliphatic carbocycles. The molecule has 12 heteroatoms. The highest BCUT2D eigenvalue weighted by atomic mass is 32.1. The predicted octanol–water partition coefficient (Wildman–Crippen LogP) is 3.17. The number of para-hydroxylation sites is 2. The molecule has 4 aromatic rings. The van der Waals surface area contributed by atoms with E-state index in [2.05, 4.69) is 33.4 Å². The summed E-state index contributed by atoms with van der Waals surface area (Å²) in [5, 5.41) is 17.5. The highest BCUT2D eigenvalue weighted by Crippen LogP contribution is 2.68. The SMILES string of the molecule is O=C1N[C@@H](Cc2cccs2)C(=O)N2[C@H]3Nc4ccccc4[C@@]3([C@]34C[C@H]5C(=O)N[C@@H](Cc6cccs6)C(=O)N5[C@H]3Nc3ccccc34)C[C@@H]12. The minimum Gasteiger partial charge on any atom is -0.364 e. The highest BCUT2D eigenvalue weighted by Gasteiger charge is 2.78. The molecule has 0 bridgehead atoms. The van der Waals surface area contributed by atoms with Crippen LogP contribution in [-0.2, 0) is 42.8 Å². The van der Waals surface area contributed by atoms with Crippen molar-refractivity contribution in [2.45, 2.75) is 73.0 Å². The van der Waals surface area contributed by atoms with Crippen molar-refractivity contribution in [1.29, 1.82) is 0 Å². The first-order valence-electron chi connectivity index (χ1n) is 16.4. The normalized spacial score (nSPS) is 33.9. The van der Waals surface area contributed by atoms with Gasteiger partial charge in [0.1, 0.15) is 36.5 Å². The molecule has 0 spiro atoms. The highest BCUT2D eigenvalue weighted by molar-refractivity contribution is 7.10. The van der Waals surface area contributed by atoms with E-state index in [1.165, 1.54) is 0 Å². The Morgan fingerprint density at radius 2 is 1.02 bits per heavy atom. The first-order valence-corrected chi connectivity index (χ1v) is 18.2. The van der Waals surface area contributed by atoms with Crippen LogP contribution in [0.25, 0.3) is 0 Å². The first kappa shape index (κ1) is 28.3. The van der Waals surface area contributed by atoms with Gasteiger partial charge in [-0.05, 0) is 59.0 Å². The minimum absolute atomic E-state index is 0.118. The largest absolute Gasteiger partial charge is 0.364 e. The van der Waals surface area contributed by atoms with E-state index >= 15 is 0 Å². The number of carbonyl (C=O) groups excluding carboxylic acids is 4. The zero-order valence-corrected chi connectivity index (χ0v) is 27.4. The Morgan fingerprint density at radius 3 is 1.44 bits per heavy atom. The van der Waals surface area contributed by atoms with Crippen LogP contribution in [0.5, 0.6) is 0 Å². The molecule has 10 rings (SSSR count). The van der Waals surface area contributed by atoms with Gasteiger partial charge < -0.3 is 31.1 Å². The zero-order valence-electron chi connectivity index (χ0n) is 25.7. The van der Waals surface area contributed by atoms with Gasteiger partial charge in [-0.2, -0.15) is 0 Å². The summed E-state index contributed by atoms with van der Waals surface area (Å²) in [7, 11) is 0. The molecule has 48 heavy (non-hydrogen) atoms. The van der Waals surface area contributed by atoms with E-state index in [0.29, 0.717) is 25.7 Å². The summed E-state index contributed by atoms with van der Waals surface area (Å²) in [5.74, 6) is -0.574. The van der Waals surface area contributed by atoms with Crippen molar-refractivity contribution >= 4 is 57.7 Å². The van der Waals surface area contributed by atoms with Crippen molar-refractivity contribution in [1.82, 2.24) is 20.4 Å². The number of carbonyl (C=O) groups is 4. The van der Waals surface area contributed by atoms with Crippen LogP contribution in [0.2, 0.25) is 0 Å². The fraction of sp³-hybridized carbons (Fsp3) is 0.333. The molecular weight excluding hydrogens is 645 g/mol. The van der Waals surface area contributed by atoms with Gasteiger partial charge in [-0.3, -0.25) is 19.2 Å². The van der Waals surface area contributed by atoms with Gasteiger partial charge in [0.05, 0.1) is 10.8 Å². The molecule has 4 saturated heterocycles. The molecule has 4 N–H and O–H groups in total. The molecule has 4 amide bonds. The predicted molar refractivity (Wildman–Crippen MR) is 181 cm³/mol. The third-order valence-corrected chi connectivity index (χ3v) is 13.5. The Labute approximate surface area is 284 Å². The zero-order chi connectivity index (χ0) is 32.4. The average Bonchev–Trinajstić information content (AvgIpc) is 3.92. The molecule has 0 saturated carbocycles. The molecule has 8 atom stereocenters. The van der Waals surface area contributed by atoms with Crippen LogP contribution in [0.3, 0.4) is 0 Å². The fourth-order valence-electron chi connectivity index (χ4n) is 9.94. The van der Waals surface area contributed by atoms with Crippen molar-refractivity contribution in [2.75, 3.05) is 10.6 Å². The van der Waals surface area contributed by atoms with Crippen LogP contribution in [0.15, 0.2) is 83.6 Å². The summed E-state index contributed by atoms with van der Waals surface area (Å²) >= 11 is 3.14. The number of benzene rings is 2. The maximum atomic E-state index is 14.5. The summed E-state index contributed by atoms with van der Waals surface area (Å²) in [4.78, 5) is 62.9. The third kappa shape index (κ3) is 3.51. The number of nitrogens with zero attached hydrogens (tertiary/aromatic N) is 2. The fourth-order valence-corrected chi connectivity index (χ4v) is 11.4. The smallest absolute Gasteiger partial charge is 0.247 e. The van der Waals surface area contributed by atoms with E-state index < -0.39 is 47.3 Å². The van der Waals surface area contributed by atoms with Crippen molar-refractivity contribution in [3.8, 4) is 0 Å². The second-order valence-electron chi connectivity index (χ2n) is 13.7. The molecule has 10 nitrogen and oxygen atoms in total. The Kier molecular flexibility index (Phi) is 5.86. The van der Waals surface area contributed by atoms with Gasteiger partial charge in [-0.25, -0.2) is 0 Å². The Balaban J connectivity index is 1.14. The van der Waals surface area contributed by atoms with Crippen LogP contribution in [0.4, 0.5) is 11.4 Å². The number of hydrogen-bond donors (Lipinski definition) is 4. The number of rotatable bonds is 5. The van der Waals surface area contributed by atoms with Gasteiger partial charge in [0.2, 0.25) is 23.6 Å². The van der Waals surface area contributed by atoms with Crippen LogP contribution in [0, 0.1) is 0 Å². The number of hydrogen-bond acceptors (Lipinski definition) is 8. The molecule has 242 valence electrons. The summed E-state index contributed by atoms with van der Waals surface area (Å²) in [5.41, 5.74) is 2.14. The quantitative estimate of drug-likeness (QED) is 0.258. The molecule has 0 unspecified atom stereocenters. The second-order valence-corrected chi connectivity index (χ2v) is 15.8. The van der Waals surface area contributed by atoms with Crippen LogP contribution >= 0.6 is 22.7 Å². The Hall–Kier alpha value is -4.68. The maximum absolute atomic E-state index is 14.5.